The summed E-state index contributed by atoms with van der Waals surface area (Å²) in [7, 11) is 0. The van der Waals surface area contributed by atoms with E-state index < -0.39 is 0 Å². The van der Waals surface area contributed by atoms with Crippen LogP contribution in [0.1, 0.15) is 41.1 Å². The average Bonchev–Trinajstić information content (AvgIpc) is 3.17. The average molecular weight is 379 g/mol. The molecule has 1 aliphatic rings. The summed E-state index contributed by atoms with van der Waals surface area (Å²) >= 11 is 0. The summed E-state index contributed by atoms with van der Waals surface area (Å²) in [5, 5.41) is 21.6. The molecule has 0 fully saturated rings. The molecule has 2 heterocycles. The number of nitriles is 1. The van der Waals surface area contributed by atoms with E-state index >= 15 is 0 Å². The lowest BCUT2D eigenvalue weighted by Gasteiger charge is -2.27. The number of aromatic amines is 1. The van der Waals surface area contributed by atoms with Crippen molar-refractivity contribution in [3.63, 3.8) is 0 Å². The first-order valence-corrected chi connectivity index (χ1v) is 9.91. The van der Waals surface area contributed by atoms with E-state index in [9.17, 15) is 5.26 Å². The monoisotopic (exact) mass is 379 g/mol. The molecule has 1 aliphatic carbocycles. The first-order chi connectivity index (χ1) is 14.2. The first-order valence-electron chi connectivity index (χ1n) is 9.91. The van der Waals surface area contributed by atoms with E-state index in [1.807, 2.05) is 31.5 Å². The molecule has 2 aromatic heterocycles. The van der Waals surface area contributed by atoms with Crippen molar-refractivity contribution >= 4 is 16.6 Å². The van der Waals surface area contributed by atoms with Crippen molar-refractivity contribution in [2.45, 2.75) is 32.2 Å². The fourth-order valence-corrected chi connectivity index (χ4v) is 4.24. The van der Waals surface area contributed by atoms with Gasteiger partial charge in [0.2, 0.25) is 0 Å². The Kier molecular flexibility index (Phi) is 4.25. The molecule has 0 amide bonds. The number of aryl methyl sites for hydroxylation is 2. The zero-order valence-electron chi connectivity index (χ0n) is 16.2. The van der Waals surface area contributed by atoms with Gasteiger partial charge in [-0.3, -0.25) is 10.1 Å². The molecule has 2 N–H and O–H groups in total. The quantitative estimate of drug-likeness (QED) is 0.507. The largest absolute Gasteiger partial charge is 0.378 e. The number of hydrogen-bond acceptors (Lipinski definition) is 4. The van der Waals surface area contributed by atoms with Gasteiger partial charge in [-0.15, -0.1) is 0 Å². The van der Waals surface area contributed by atoms with E-state index in [2.05, 4.69) is 56.9 Å². The van der Waals surface area contributed by atoms with Crippen molar-refractivity contribution in [2.24, 2.45) is 0 Å². The van der Waals surface area contributed by atoms with E-state index in [0.717, 1.165) is 58.2 Å². The molecule has 1 unspecified atom stereocenters. The molecule has 0 bridgehead atoms. The van der Waals surface area contributed by atoms with Gasteiger partial charge in [-0.05, 0) is 79.3 Å². The summed E-state index contributed by atoms with van der Waals surface area (Å²) in [6.45, 7) is 2.04. The highest BCUT2D eigenvalue weighted by Crippen LogP contribution is 2.35. The van der Waals surface area contributed by atoms with Crippen molar-refractivity contribution in [1.29, 1.82) is 5.26 Å². The normalized spacial score (nSPS) is 15.7. The van der Waals surface area contributed by atoms with Crippen LogP contribution in [0.15, 0.2) is 54.9 Å². The fourth-order valence-electron chi connectivity index (χ4n) is 4.24. The van der Waals surface area contributed by atoms with Gasteiger partial charge in [-0.25, -0.2) is 0 Å². The minimum absolute atomic E-state index is 0.250. The molecular weight excluding hydrogens is 358 g/mol. The fraction of sp³-hybridized carbons (Fsp3) is 0.208. The number of anilines is 1. The van der Waals surface area contributed by atoms with Crippen molar-refractivity contribution in [1.82, 2.24) is 15.2 Å². The molecule has 0 radical (unpaired) electrons. The zero-order valence-corrected chi connectivity index (χ0v) is 16.2. The lowest BCUT2D eigenvalue weighted by atomic mass is 9.86. The van der Waals surface area contributed by atoms with Gasteiger partial charge in [0.15, 0.2) is 0 Å². The molecule has 5 heteroatoms. The van der Waals surface area contributed by atoms with E-state index in [1.54, 1.807) is 0 Å². The number of pyridine rings is 1. The van der Waals surface area contributed by atoms with E-state index in [-0.39, 0.29) is 6.04 Å². The van der Waals surface area contributed by atoms with Crippen LogP contribution in [0.4, 0.5) is 5.69 Å². The van der Waals surface area contributed by atoms with Gasteiger partial charge in [0.1, 0.15) is 5.69 Å². The predicted octanol–water partition coefficient (Wildman–Crippen LogP) is 5.29. The lowest BCUT2D eigenvalue weighted by molar-refractivity contribution is 0.600. The number of nitrogens with zero attached hydrogens (tertiary/aromatic N) is 3. The SMILES string of the molecule is Cc1cncc(-c2n[nH]c3ccc(NC4CCCc5cc(C#N)ccc54)cc23)c1. The summed E-state index contributed by atoms with van der Waals surface area (Å²) < 4.78 is 0. The maximum absolute atomic E-state index is 9.18. The Morgan fingerprint density at radius 1 is 1.14 bits per heavy atom. The molecule has 5 rings (SSSR count). The molecule has 142 valence electrons. The van der Waals surface area contributed by atoms with Crippen LogP contribution in [0.3, 0.4) is 0 Å². The maximum Gasteiger partial charge on any atom is 0.102 e. The molecule has 0 saturated heterocycles. The number of fused-ring (bicyclic) bond motifs is 2. The van der Waals surface area contributed by atoms with Gasteiger partial charge in [0, 0.05) is 29.0 Å². The minimum atomic E-state index is 0.250. The molecule has 0 spiro atoms. The van der Waals surface area contributed by atoms with Crippen LogP contribution in [-0.2, 0) is 6.42 Å². The summed E-state index contributed by atoms with van der Waals surface area (Å²) in [6.07, 6.45) is 6.94. The molecule has 0 aliphatic heterocycles. The molecule has 0 saturated carbocycles. The zero-order chi connectivity index (χ0) is 19.8. The van der Waals surface area contributed by atoms with Crippen LogP contribution in [0.25, 0.3) is 22.2 Å². The number of benzene rings is 2. The van der Waals surface area contributed by atoms with Crippen molar-refractivity contribution in [3.8, 4) is 17.3 Å². The highest BCUT2D eigenvalue weighted by Gasteiger charge is 2.21. The predicted molar refractivity (Wildman–Crippen MR) is 115 cm³/mol. The smallest absolute Gasteiger partial charge is 0.102 e. The van der Waals surface area contributed by atoms with Crippen molar-refractivity contribution in [2.75, 3.05) is 5.32 Å². The van der Waals surface area contributed by atoms with Gasteiger partial charge in [0.05, 0.1) is 23.2 Å². The van der Waals surface area contributed by atoms with Crippen LogP contribution >= 0.6 is 0 Å². The van der Waals surface area contributed by atoms with Crippen LogP contribution in [0.2, 0.25) is 0 Å². The van der Waals surface area contributed by atoms with E-state index in [1.165, 1.54) is 11.1 Å². The molecular formula is C24H21N5. The Morgan fingerprint density at radius 2 is 2.07 bits per heavy atom. The molecule has 5 nitrogen and oxygen atoms in total. The first kappa shape index (κ1) is 17.4. The number of aromatic nitrogens is 3. The third-order valence-electron chi connectivity index (χ3n) is 5.64. The van der Waals surface area contributed by atoms with Gasteiger partial charge in [0.25, 0.3) is 0 Å². The Bertz CT molecular complexity index is 1250. The van der Waals surface area contributed by atoms with Crippen LogP contribution in [0.5, 0.6) is 0 Å². The minimum Gasteiger partial charge on any atom is -0.378 e. The second-order valence-corrected chi connectivity index (χ2v) is 7.70. The van der Waals surface area contributed by atoms with Gasteiger partial charge < -0.3 is 5.32 Å². The molecule has 2 aromatic carbocycles. The Morgan fingerprint density at radius 3 is 2.93 bits per heavy atom. The topological polar surface area (TPSA) is 77.4 Å². The molecule has 29 heavy (non-hydrogen) atoms. The summed E-state index contributed by atoms with van der Waals surface area (Å²) in [5.41, 5.74) is 8.44. The second-order valence-electron chi connectivity index (χ2n) is 7.70. The van der Waals surface area contributed by atoms with Gasteiger partial charge in [-0.1, -0.05) is 6.07 Å². The molecule has 1 atom stereocenters. The third-order valence-corrected chi connectivity index (χ3v) is 5.64. The number of hydrogen-bond donors (Lipinski definition) is 2. The maximum atomic E-state index is 9.18. The standard InChI is InChI=1S/C24H21N5/c1-15-9-18(14-26-13-15)24-21-11-19(6-8-23(21)28-29-24)27-22-4-2-3-17-10-16(12-25)5-7-20(17)22/h5-11,13-14,22,27H,2-4H2,1H3,(H,28,29). The Labute approximate surface area is 169 Å². The van der Waals surface area contributed by atoms with Crippen LogP contribution in [0, 0.1) is 18.3 Å². The summed E-state index contributed by atoms with van der Waals surface area (Å²) in [4.78, 5) is 4.31. The van der Waals surface area contributed by atoms with E-state index in [4.69, 9.17) is 0 Å². The summed E-state index contributed by atoms with van der Waals surface area (Å²) in [6, 6.07) is 17.0. The Balaban J connectivity index is 1.50. The van der Waals surface area contributed by atoms with Crippen molar-refractivity contribution in [3.05, 3.63) is 77.1 Å². The highest BCUT2D eigenvalue weighted by molar-refractivity contribution is 5.94. The third kappa shape index (κ3) is 3.23. The van der Waals surface area contributed by atoms with Crippen LogP contribution in [-0.4, -0.2) is 15.2 Å². The highest BCUT2D eigenvalue weighted by atomic mass is 15.1. The second kappa shape index (κ2) is 7.06. The van der Waals surface area contributed by atoms with Gasteiger partial charge in [-0.2, -0.15) is 10.4 Å². The molecule has 4 aromatic rings. The number of nitrogens with one attached hydrogen (secondary N) is 2. The summed E-state index contributed by atoms with van der Waals surface area (Å²) in [5.74, 6) is 0. The van der Waals surface area contributed by atoms with Gasteiger partial charge >= 0.3 is 0 Å². The van der Waals surface area contributed by atoms with Crippen LogP contribution < -0.4 is 5.32 Å². The Hall–Kier alpha value is -3.65. The van der Waals surface area contributed by atoms with E-state index in [0.29, 0.717) is 0 Å². The van der Waals surface area contributed by atoms with Crippen molar-refractivity contribution < 1.29 is 0 Å². The number of rotatable bonds is 3. The lowest BCUT2D eigenvalue weighted by Crippen LogP contribution is -2.17. The number of H-pyrrole nitrogens is 1.